The molecule has 118 valence electrons. The van der Waals surface area contributed by atoms with Crippen molar-refractivity contribution in [2.24, 2.45) is 0 Å². The minimum absolute atomic E-state index is 0.00281. The third-order valence-corrected chi connectivity index (χ3v) is 3.91. The Labute approximate surface area is 132 Å². The smallest absolute Gasteiger partial charge is 0.242 e. The van der Waals surface area contributed by atoms with Crippen molar-refractivity contribution in [2.45, 2.75) is 25.9 Å². The Morgan fingerprint density at radius 3 is 2.55 bits per heavy atom. The average Bonchev–Trinajstić information content (AvgIpc) is 3.02. The molecule has 5 nitrogen and oxygen atoms in total. The summed E-state index contributed by atoms with van der Waals surface area (Å²) in [7, 11) is 4.05. The second-order valence-electron chi connectivity index (χ2n) is 5.82. The van der Waals surface area contributed by atoms with Crippen molar-refractivity contribution in [3.8, 4) is 0 Å². The van der Waals surface area contributed by atoms with E-state index in [1.54, 1.807) is 23.3 Å². The Morgan fingerprint density at radius 2 is 2.00 bits per heavy atom. The van der Waals surface area contributed by atoms with Crippen LogP contribution in [0.3, 0.4) is 0 Å². The van der Waals surface area contributed by atoms with Gasteiger partial charge in [-0.1, -0.05) is 29.8 Å². The van der Waals surface area contributed by atoms with Crippen molar-refractivity contribution in [3.63, 3.8) is 0 Å². The molecule has 5 heteroatoms. The van der Waals surface area contributed by atoms with Crippen molar-refractivity contribution in [2.75, 3.05) is 20.6 Å². The summed E-state index contributed by atoms with van der Waals surface area (Å²) in [6, 6.07) is 8.32. The van der Waals surface area contributed by atoms with Crippen molar-refractivity contribution in [1.29, 1.82) is 0 Å². The van der Waals surface area contributed by atoms with Gasteiger partial charge in [0.15, 0.2) is 0 Å². The van der Waals surface area contributed by atoms with Crippen molar-refractivity contribution >= 4 is 5.91 Å². The number of nitrogens with zero attached hydrogens (tertiary/aromatic N) is 3. The molecule has 2 rings (SSSR count). The number of rotatable bonds is 6. The van der Waals surface area contributed by atoms with Gasteiger partial charge in [0.05, 0.1) is 12.4 Å². The first-order chi connectivity index (χ1) is 10.5. The molecule has 0 aliphatic carbocycles. The molecule has 2 aromatic rings. The number of aromatic nitrogens is 2. The molecule has 1 amide bonds. The predicted octanol–water partition coefficient (Wildman–Crippen LogP) is 2.17. The van der Waals surface area contributed by atoms with Crippen LogP contribution in [0.4, 0.5) is 0 Å². The van der Waals surface area contributed by atoms with E-state index in [1.807, 2.05) is 21.0 Å². The molecule has 1 aromatic heterocycles. The summed E-state index contributed by atoms with van der Waals surface area (Å²) < 4.78 is 1.80. The van der Waals surface area contributed by atoms with Crippen LogP contribution in [0.2, 0.25) is 0 Å². The van der Waals surface area contributed by atoms with Crippen LogP contribution in [0.25, 0.3) is 0 Å². The summed E-state index contributed by atoms with van der Waals surface area (Å²) in [5, 5.41) is 3.04. The zero-order valence-electron chi connectivity index (χ0n) is 13.7. The van der Waals surface area contributed by atoms with Gasteiger partial charge in [0.1, 0.15) is 6.04 Å². The van der Waals surface area contributed by atoms with E-state index in [4.69, 9.17) is 0 Å². The minimum atomic E-state index is -0.261. The number of carbonyl (C=O) groups excluding carboxylic acids is 1. The highest BCUT2D eigenvalue weighted by Crippen LogP contribution is 2.18. The number of hydrogen-bond donors (Lipinski definition) is 1. The highest BCUT2D eigenvalue weighted by Gasteiger charge is 2.18. The second kappa shape index (κ2) is 7.22. The Hall–Kier alpha value is -2.14. The quantitative estimate of drug-likeness (QED) is 0.889. The molecule has 1 N–H and O–H groups in total. The number of likely N-dealkylation sites (N-methyl/N-ethyl adjacent to an activating group) is 1. The third kappa shape index (κ3) is 3.95. The third-order valence-electron chi connectivity index (χ3n) is 3.91. The second-order valence-corrected chi connectivity index (χ2v) is 5.82. The number of aryl methyl sites for hydroxylation is 1. The number of nitrogens with one attached hydrogen (secondary N) is 1. The van der Waals surface area contributed by atoms with Gasteiger partial charge in [0.2, 0.25) is 5.91 Å². The molecule has 0 saturated carbocycles. The molecule has 0 radical (unpaired) electrons. The Bertz CT molecular complexity index is 590. The lowest BCUT2D eigenvalue weighted by molar-refractivity contribution is -0.124. The van der Waals surface area contributed by atoms with E-state index in [1.165, 1.54) is 11.1 Å². The molecule has 2 atom stereocenters. The molecule has 0 spiro atoms. The summed E-state index contributed by atoms with van der Waals surface area (Å²) in [5.41, 5.74) is 2.44. The maximum atomic E-state index is 12.3. The number of hydrogen-bond acceptors (Lipinski definition) is 3. The first kappa shape index (κ1) is 16.2. The van der Waals surface area contributed by atoms with E-state index >= 15 is 0 Å². The zero-order chi connectivity index (χ0) is 16.1. The van der Waals surface area contributed by atoms with Crippen molar-refractivity contribution in [1.82, 2.24) is 19.8 Å². The molecule has 0 saturated heterocycles. The molecule has 0 bridgehead atoms. The lowest BCUT2D eigenvalue weighted by Gasteiger charge is -2.26. The summed E-state index contributed by atoms with van der Waals surface area (Å²) in [6.45, 7) is 4.52. The monoisotopic (exact) mass is 300 g/mol. The van der Waals surface area contributed by atoms with Crippen LogP contribution in [0.5, 0.6) is 0 Å². The summed E-state index contributed by atoms with van der Waals surface area (Å²) >= 11 is 0. The molecule has 0 aliphatic rings. The standard InChI is InChI=1S/C17H24N4O/c1-13-5-7-15(8-6-13)16(20(3)4)11-19-17(22)14(2)21-10-9-18-12-21/h5-10,12,14,16H,11H2,1-4H3,(H,19,22)/t14-,16-/m1/s1. The summed E-state index contributed by atoms with van der Waals surface area (Å²) in [4.78, 5) is 18.4. The van der Waals surface area contributed by atoms with Gasteiger partial charge in [-0.25, -0.2) is 4.98 Å². The van der Waals surface area contributed by atoms with Gasteiger partial charge in [-0.05, 0) is 33.5 Å². The minimum Gasteiger partial charge on any atom is -0.352 e. The largest absolute Gasteiger partial charge is 0.352 e. The predicted molar refractivity (Wildman–Crippen MR) is 87.6 cm³/mol. The van der Waals surface area contributed by atoms with Crippen molar-refractivity contribution in [3.05, 3.63) is 54.1 Å². The Kier molecular flexibility index (Phi) is 5.33. The summed E-state index contributed by atoms with van der Waals surface area (Å²) in [5.74, 6) is -0.00281. The summed E-state index contributed by atoms with van der Waals surface area (Å²) in [6.07, 6.45) is 5.14. The Balaban J connectivity index is 2.00. The van der Waals surface area contributed by atoms with Gasteiger partial charge >= 0.3 is 0 Å². The van der Waals surface area contributed by atoms with E-state index in [0.717, 1.165) is 0 Å². The van der Waals surface area contributed by atoms with Gasteiger partial charge in [0.25, 0.3) is 0 Å². The molecule has 1 aromatic carbocycles. The lowest BCUT2D eigenvalue weighted by Crippen LogP contribution is -2.37. The molecule has 1 heterocycles. The van der Waals surface area contributed by atoms with Gasteiger partial charge < -0.3 is 14.8 Å². The van der Waals surface area contributed by atoms with E-state index in [-0.39, 0.29) is 18.0 Å². The van der Waals surface area contributed by atoms with Gasteiger partial charge in [-0.15, -0.1) is 0 Å². The average molecular weight is 300 g/mol. The highest BCUT2D eigenvalue weighted by molar-refractivity contribution is 5.79. The molecular formula is C17H24N4O. The highest BCUT2D eigenvalue weighted by atomic mass is 16.2. The van der Waals surface area contributed by atoms with E-state index in [0.29, 0.717) is 6.54 Å². The molecule has 0 unspecified atom stereocenters. The topological polar surface area (TPSA) is 50.2 Å². The first-order valence-electron chi connectivity index (χ1n) is 7.47. The molecule has 0 aliphatic heterocycles. The normalized spacial score (nSPS) is 13.9. The maximum Gasteiger partial charge on any atom is 0.242 e. The fraction of sp³-hybridized carbons (Fsp3) is 0.412. The van der Waals surface area contributed by atoms with E-state index in [9.17, 15) is 4.79 Å². The Morgan fingerprint density at radius 1 is 1.32 bits per heavy atom. The fourth-order valence-corrected chi connectivity index (χ4v) is 2.37. The van der Waals surface area contributed by atoms with Crippen LogP contribution < -0.4 is 5.32 Å². The van der Waals surface area contributed by atoms with Crippen LogP contribution in [-0.2, 0) is 4.79 Å². The van der Waals surface area contributed by atoms with E-state index in [2.05, 4.69) is 46.4 Å². The van der Waals surface area contributed by atoms with Gasteiger partial charge in [0, 0.05) is 18.9 Å². The van der Waals surface area contributed by atoms with Crippen LogP contribution in [0.15, 0.2) is 43.0 Å². The SMILES string of the molecule is Cc1ccc([C@@H](CNC(=O)[C@@H](C)n2ccnc2)N(C)C)cc1. The number of amides is 1. The molecule has 0 fully saturated rings. The first-order valence-corrected chi connectivity index (χ1v) is 7.47. The van der Waals surface area contributed by atoms with Gasteiger partial charge in [-0.3, -0.25) is 4.79 Å². The number of benzene rings is 1. The van der Waals surface area contributed by atoms with Crippen LogP contribution >= 0.6 is 0 Å². The molecular weight excluding hydrogens is 276 g/mol. The van der Waals surface area contributed by atoms with Gasteiger partial charge in [-0.2, -0.15) is 0 Å². The number of imidazole rings is 1. The number of carbonyl (C=O) groups is 1. The zero-order valence-corrected chi connectivity index (χ0v) is 13.7. The fourth-order valence-electron chi connectivity index (χ4n) is 2.37. The van der Waals surface area contributed by atoms with E-state index < -0.39 is 0 Å². The lowest BCUT2D eigenvalue weighted by atomic mass is 10.0. The van der Waals surface area contributed by atoms with Crippen LogP contribution in [-0.4, -0.2) is 41.0 Å². The van der Waals surface area contributed by atoms with Crippen LogP contribution in [0, 0.1) is 6.92 Å². The molecule has 22 heavy (non-hydrogen) atoms. The maximum absolute atomic E-state index is 12.3. The van der Waals surface area contributed by atoms with Crippen LogP contribution in [0.1, 0.15) is 30.1 Å². The van der Waals surface area contributed by atoms with Crippen molar-refractivity contribution < 1.29 is 4.79 Å².